The molecule has 0 unspecified atom stereocenters. The van der Waals surface area contributed by atoms with Crippen molar-refractivity contribution < 1.29 is 23.9 Å². The zero-order valence-electron chi connectivity index (χ0n) is 14.5. The molecule has 0 radical (unpaired) electrons. The van der Waals surface area contributed by atoms with E-state index in [1.165, 1.54) is 42.5 Å². The average Bonchev–Trinajstić information content (AvgIpc) is 2.68. The van der Waals surface area contributed by atoms with Crippen molar-refractivity contribution >= 4 is 52.2 Å². The molecule has 1 saturated heterocycles. The fraction of sp³-hybridized carbons (Fsp3) is 0. The Bertz CT molecular complexity index is 1280. The van der Waals surface area contributed by atoms with Gasteiger partial charge in [0.15, 0.2) is 5.43 Å². The lowest BCUT2D eigenvalue weighted by molar-refractivity contribution is -0.122. The highest BCUT2D eigenvalue weighted by molar-refractivity contribution is 6.39. The SMILES string of the molecule is O=C1NC(=O)N(c2ccc(Cl)cc2)C(=O)C1=Cc1coc2cc(O)ccc2c1=O. The van der Waals surface area contributed by atoms with E-state index in [0.29, 0.717) is 5.02 Å². The summed E-state index contributed by atoms with van der Waals surface area (Å²) in [5.41, 5.74) is -0.628. The number of benzene rings is 2. The number of urea groups is 1. The zero-order chi connectivity index (χ0) is 20.7. The van der Waals surface area contributed by atoms with Crippen molar-refractivity contribution in [1.82, 2.24) is 5.32 Å². The van der Waals surface area contributed by atoms with Gasteiger partial charge in [0.05, 0.1) is 16.6 Å². The van der Waals surface area contributed by atoms with Gasteiger partial charge in [0.1, 0.15) is 23.2 Å². The highest BCUT2D eigenvalue weighted by Crippen LogP contribution is 2.24. The first-order chi connectivity index (χ1) is 13.8. The number of nitrogens with zero attached hydrogens (tertiary/aromatic N) is 1. The molecule has 1 aliphatic heterocycles. The predicted octanol–water partition coefficient (Wildman–Crippen LogP) is 2.82. The van der Waals surface area contributed by atoms with Gasteiger partial charge in [-0.1, -0.05) is 11.6 Å². The minimum absolute atomic E-state index is 0.0629. The number of imide groups is 2. The Hall–Kier alpha value is -3.91. The van der Waals surface area contributed by atoms with Crippen LogP contribution in [-0.4, -0.2) is 23.0 Å². The molecule has 4 amide bonds. The lowest BCUT2D eigenvalue weighted by atomic mass is 10.1. The number of nitrogens with one attached hydrogen (secondary N) is 1. The van der Waals surface area contributed by atoms with Gasteiger partial charge in [-0.3, -0.25) is 19.7 Å². The Balaban J connectivity index is 1.80. The summed E-state index contributed by atoms with van der Waals surface area (Å²) < 4.78 is 5.32. The third-order valence-corrected chi connectivity index (χ3v) is 4.52. The molecule has 1 aliphatic rings. The van der Waals surface area contributed by atoms with Crippen LogP contribution in [0.25, 0.3) is 17.0 Å². The van der Waals surface area contributed by atoms with Crippen molar-refractivity contribution in [2.75, 3.05) is 4.90 Å². The number of fused-ring (bicyclic) bond motifs is 1. The molecule has 8 nitrogen and oxygen atoms in total. The third-order valence-electron chi connectivity index (χ3n) is 4.27. The van der Waals surface area contributed by atoms with Crippen LogP contribution in [0.1, 0.15) is 5.56 Å². The number of amides is 4. The van der Waals surface area contributed by atoms with Gasteiger partial charge in [-0.25, -0.2) is 9.69 Å². The number of carbonyl (C=O) groups excluding carboxylic acids is 3. The average molecular weight is 411 g/mol. The monoisotopic (exact) mass is 410 g/mol. The summed E-state index contributed by atoms with van der Waals surface area (Å²) in [7, 11) is 0. The molecular formula is C20H11ClN2O6. The quantitative estimate of drug-likeness (QED) is 0.495. The van der Waals surface area contributed by atoms with Crippen molar-refractivity contribution in [3.63, 3.8) is 0 Å². The largest absolute Gasteiger partial charge is 0.508 e. The Kier molecular flexibility index (Phi) is 4.40. The summed E-state index contributed by atoms with van der Waals surface area (Å²) in [6.45, 7) is 0. The molecule has 1 aromatic heterocycles. The molecule has 0 spiro atoms. The molecule has 0 bridgehead atoms. The van der Waals surface area contributed by atoms with E-state index in [4.69, 9.17) is 16.0 Å². The van der Waals surface area contributed by atoms with Gasteiger partial charge in [-0.2, -0.15) is 0 Å². The minimum Gasteiger partial charge on any atom is -0.508 e. The van der Waals surface area contributed by atoms with E-state index in [0.717, 1.165) is 17.2 Å². The minimum atomic E-state index is -0.935. The van der Waals surface area contributed by atoms with Crippen LogP contribution in [0.15, 0.2) is 63.5 Å². The first-order valence-electron chi connectivity index (χ1n) is 8.27. The van der Waals surface area contributed by atoms with Gasteiger partial charge < -0.3 is 9.52 Å². The maximum Gasteiger partial charge on any atom is 0.335 e. The Morgan fingerprint density at radius 1 is 1.03 bits per heavy atom. The third kappa shape index (κ3) is 3.26. The number of halogens is 1. The van der Waals surface area contributed by atoms with Crippen LogP contribution in [-0.2, 0) is 9.59 Å². The van der Waals surface area contributed by atoms with Crippen LogP contribution in [0.2, 0.25) is 5.02 Å². The predicted molar refractivity (Wildman–Crippen MR) is 105 cm³/mol. The number of hydrogen-bond acceptors (Lipinski definition) is 6. The smallest absolute Gasteiger partial charge is 0.335 e. The molecule has 29 heavy (non-hydrogen) atoms. The van der Waals surface area contributed by atoms with Gasteiger partial charge in [0.25, 0.3) is 11.8 Å². The summed E-state index contributed by atoms with van der Waals surface area (Å²) >= 11 is 5.83. The van der Waals surface area contributed by atoms with Crippen molar-refractivity contribution in [3.8, 4) is 5.75 Å². The molecule has 144 valence electrons. The van der Waals surface area contributed by atoms with Crippen LogP contribution >= 0.6 is 11.6 Å². The van der Waals surface area contributed by atoms with Crippen molar-refractivity contribution in [2.24, 2.45) is 0 Å². The molecule has 2 aromatic carbocycles. The summed E-state index contributed by atoms with van der Waals surface area (Å²) in [6.07, 6.45) is 2.13. The summed E-state index contributed by atoms with van der Waals surface area (Å²) in [5, 5.41) is 12.1. The normalized spacial score (nSPS) is 15.8. The van der Waals surface area contributed by atoms with E-state index in [1.807, 2.05) is 0 Å². The topological polar surface area (TPSA) is 117 Å². The summed E-state index contributed by atoms with van der Waals surface area (Å²) in [5.74, 6) is -1.91. The van der Waals surface area contributed by atoms with Gasteiger partial charge in [0, 0.05) is 11.1 Å². The number of rotatable bonds is 2. The molecule has 2 heterocycles. The van der Waals surface area contributed by atoms with Crippen LogP contribution in [0.5, 0.6) is 5.75 Å². The number of phenolic OH excluding ortho intramolecular Hbond substituents is 1. The number of hydrogen-bond donors (Lipinski definition) is 2. The van der Waals surface area contributed by atoms with Crippen molar-refractivity contribution in [2.45, 2.75) is 0 Å². The summed E-state index contributed by atoms with van der Waals surface area (Å²) in [4.78, 5) is 50.7. The molecular weight excluding hydrogens is 400 g/mol. The molecule has 0 atom stereocenters. The maximum atomic E-state index is 12.8. The van der Waals surface area contributed by atoms with Crippen LogP contribution in [0, 0.1) is 0 Å². The van der Waals surface area contributed by atoms with Crippen LogP contribution in [0.4, 0.5) is 10.5 Å². The van der Waals surface area contributed by atoms with Gasteiger partial charge in [-0.15, -0.1) is 0 Å². The molecule has 2 N–H and O–H groups in total. The van der Waals surface area contributed by atoms with Crippen LogP contribution < -0.4 is 15.6 Å². The fourth-order valence-corrected chi connectivity index (χ4v) is 3.00. The van der Waals surface area contributed by atoms with E-state index in [1.54, 1.807) is 0 Å². The number of phenols is 1. The Labute approximate surface area is 167 Å². The first-order valence-corrected chi connectivity index (χ1v) is 8.64. The lowest BCUT2D eigenvalue weighted by Crippen LogP contribution is -2.54. The first kappa shape index (κ1) is 18.5. The van der Waals surface area contributed by atoms with E-state index >= 15 is 0 Å². The molecule has 0 saturated carbocycles. The fourth-order valence-electron chi connectivity index (χ4n) is 2.87. The molecule has 4 rings (SSSR count). The summed E-state index contributed by atoms with van der Waals surface area (Å²) in [6, 6.07) is 8.91. The lowest BCUT2D eigenvalue weighted by Gasteiger charge is -2.26. The molecule has 1 fully saturated rings. The van der Waals surface area contributed by atoms with Crippen LogP contribution in [0.3, 0.4) is 0 Å². The number of anilines is 1. The van der Waals surface area contributed by atoms with Gasteiger partial charge >= 0.3 is 6.03 Å². The van der Waals surface area contributed by atoms with Crippen molar-refractivity contribution in [3.05, 3.63) is 75.1 Å². The van der Waals surface area contributed by atoms with E-state index in [2.05, 4.69) is 5.32 Å². The van der Waals surface area contributed by atoms with Gasteiger partial charge in [-0.05, 0) is 42.5 Å². The number of carbonyl (C=O) groups is 3. The van der Waals surface area contributed by atoms with Crippen molar-refractivity contribution in [1.29, 1.82) is 0 Å². The van der Waals surface area contributed by atoms with E-state index in [-0.39, 0.29) is 28.0 Å². The molecule has 9 heteroatoms. The second-order valence-corrected chi connectivity index (χ2v) is 6.57. The molecule has 0 aliphatic carbocycles. The number of barbiturate groups is 1. The second-order valence-electron chi connectivity index (χ2n) is 6.13. The Morgan fingerprint density at radius 2 is 1.76 bits per heavy atom. The molecule has 3 aromatic rings. The zero-order valence-corrected chi connectivity index (χ0v) is 15.3. The number of aromatic hydroxyl groups is 1. The van der Waals surface area contributed by atoms with E-state index < -0.39 is 28.8 Å². The second kappa shape index (κ2) is 6.92. The highest BCUT2D eigenvalue weighted by Gasteiger charge is 2.37. The highest BCUT2D eigenvalue weighted by atomic mass is 35.5. The Morgan fingerprint density at radius 3 is 2.48 bits per heavy atom. The van der Waals surface area contributed by atoms with Gasteiger partial charge in [0.2, 0.25) is 0 Å². The standard InChI is InChI=1S/C20H11ClN2O6/c21-11-1-3-12(4-2-11)23-19(27)15(18(26)22-20(23)28)7-10-9-29-16-8-13(24)5-6-14(16)17(10)25/h1-9,24H,(H,22,26,28). The maximum absolute atomic E-state index is 12.8. The van der Waals surface area contributed by atoms with E-state index in [9.17, 15) is 24.3 Å².